The van der Waals surface area contributed by atoms with Gasteiger partial charge in [-0.25, -0.2) is 0 Å². The molecule has 0 aromatic heterocycles. The Morgan fingerprint density at radius 2 is 1.43 bits per heavy atom. The van der Waals surface area contributed by atoms with Gasteiger partial charge in [0.2, 0.25) is 0 Å². The summed E-state index contributed by atoms with van der Waals surface area (Å²) in [6.45, 7) is 2.19. The molecule has 0 saturated heterocycles. The van der Waals surface area contributed by atoms with E-state index < -0.39 is 12.3 Å². The molecule has 0 rings (SSSR count). The third kappa shape index (κ3) is 11.5. The van der Waals surface area contributed by atoms with Gasteiger partial charge < -0.3 is 5.11 Å². The van der Waals surface area contributed by atoms with Crippen LogP contribution in [0.5, 0.6) is 0 Å². The number of hydrogen-bond acceptors (Lipinski definition) is 1. The lowest BCUT2D eigenvalue weighted by Gasteiger charge is -2.00. The minimum Gasteiger partial charge on any atom is -0.481 e. The standard InChI is InChI=1S/C12H24O2/c1-2-3-4-5-6-7-8-9-10-11-12(13)14/h2-11H2,1H3,(H,13,14)/i11D2. The van der Waals surface area contributed by atoms with E-state index in [1.54, 1.807) is 0 Å². The molecule has 0 aliphatic heterocycles. The number of hydrogen-bond donors (Lipinski definition) is 1. The average Bonchev–Trinajstić information content (AvgIpc) is 2.21. The van der Waals surface area contributed by atoms with E-state index >= 15 is 0 Å². The van der Waals surface area contributed by atoms with Gasteiger partial charge in [-0.1, -0.05) is 58.3 Å². The van der Waals surface area contributed by atoms with E-state index in [0.717, 1.165) is 12.8 Å². The van der Waals surface area contributed by atoms with Crippen LogP contribution < -0.4 is 0 Å². The number of aliphatic carboxylic acids is 1. The zero-order valence-electron chi connectivity index (χ0n) is 11.2. The fourth-order valence-electron chi connectivity index (χ4n) is 1.45. The molecule has 84 valence electrons. The largest absolute Gasteiger partial charge is 0.481 e. The SMILES string of the molecule is [2H]C([2H])(CCCCCCCCCC)C(=O)O. The van der Waals surface area contributed by atoms with Crippen LogP contribution in [0.2, 0.25) is 0 Å². The lowest BCUT2D eigenvalue weighted by Crippen LogP contribution is -1.93. The summed E-state index contributed by atoms with van der Waals surface area (Å²) in [5.41, 5.74) is 0. The Kier molecular flexibility index (Phi) is 7.54. The van der Waals surface area contributed by atoms with E-state index in [2.05, 4.69) is 6.92 Å². The fraction of sp³-hybridized carbons (Fsp3) is 0.917. The van der Waals surface area contributed by atoms with Crippen molar-refractivity contribution in [1.29, 1.82) is 0 Å². The first-order chi connectivity index (χ1) is 7.50. The van der Waals surface area contributed by atoms with E-state index in [1.165, 1.54) is 32.1 Å². The molecule has 14 heavy (non-hydrogen) atoms. The Morgan fingerprint density at radius 3 is 1.86 bits per heavy atom. The maximum atomic E-state index is 10.5. The van der Waals surface area contributed by atoms with E-state index in [9.17, 15) is 4.79 Å². The van der Waals surface area contributed by atoms with Crippen LogP contribution in [0, 0.1) is 0 Å². The van der Waals surface area contributed by atoms with Crippen LogP contribution in [0.25, 0.3) is 0 Å². The van der Waals surface area contributed by atoms with Gasteiger partial charge in [-0.05, 0) is 6.42 Å². The van der Waals surface area contributed by atoms with E-state index in [0.29, 0.717) is 6.42 Å². The summed E-state index contributed by atoms with van der Waals surface area (Å²) in [6, 6.07) is 0. The molecule has 2 heteroatoms. The first kappa shape index (κ1) is 10.0. The van der Waals surface area contributed by atoms with Gasteiger partial charge in [-0.2, -0.15) is 0 Å². The maximum Gasteiger partial charge on any atom is 0.303 e. The van der Waals surface area contributed by atoms with Crippen molar-refractivity contribution in [3.8, 4) is 0 Å². The molecule has 2 nitrogen and oxygen atoms in total. The highest BCUT2D eigenvalue weighted by Crippen LogP contribution is 2.10. The molecule has 0 aromatic rings. The molecule has 0 aliphatic rings. The number of rotatable bonds is 10. The monoisotopic (exact) mass is 202 g/mol. The van der Waals surface area contributed by atoms with Gasteiger partial charge in [0.1, 0.15) is 0 Å². The maximum absolute atomic E-state index is 10.5. The molecule has 0 atom stereocenters. The van der Waals surface area contributed by atoms with Gasteiger partial charge in [0.05, 0.1) is 0 Å². The highest BCUT2D eigenvalue weighted by Gasteiger charge is 1.96. The Labute approximate surface area is 90.5 Å². The Morgan fingerprint density at radius 1 is 1.00 bits per heavy atom. The smallest absolute Gasteiger partial charge is 0.303 e. The molecule has 0 spiro atoms. The van der Waals surface area contributed by atoms with Crippen LogP contribution in [0.15, 0.2) is 0 Å². The lowest BCUT2D eigenvalue weighted by atomic mass is 10.1. The van der Waals surface area contributed by atoms with Crippen molar-refractivity contribution >= 4 is 5.97 Å². The van der Waals surface area contributed by atoms with E-state index in [-0.39, 0.29) is 6.42 Å². The van der Waals surface area contributed by atoms with Crippen molar-refractivity contribution in [2.75, 3.05) is 0 Å². The van der Waals surface area contributed by atoms with Crippen molar-refractivity contribution in [2.24, 2.45) is 0 Å². The van der Waals surface area contributed by atoms with Crippen molar-refractivity contribution in [2.45, 2.75) is 71.1 Å². The fourth-order valence-corrected chi connectivity index (χ4v) is 1.45. The van der Waals surface area contributed by atoms with Crippen molar-refractivity contribution in [1.82, 2.24) is 0 Å². The van der Waals surface area contributed by atoms with E-state index in [4.69, 9.17) is 7.85 Å². The Balaban J connectivity index is 3.30. The van der Waals surface area contributed by atoms with Gasteiger partial charge in [-0.15, -0.1) is 0 Å². The van der Waals surface area contributed by atoms with Gasteiger partial charge in [0, 0.05) is 9.11 Å². The molecule has 0 fully saturated rings. The molecule has 0 amide bonds. The van der Waals surface area contributed by atoms with Crippen LogP contribution in [0.1, 0.15) is 73.8 Å². The Hall–Kier alpha value is -0.530. The molecule has 0 unspecified atom stereocenters. The summed E-state index contributed by atoms with van der Waals surface area (Å²) >= 11 is 0. The molecule has 0 radical (unpaired) electrons. The normalized spacial score (nSPS) is 13.5. The number of carboxylic acid groups (broad SMARTS) is 1. The van der Waals surface area contributed by atoms with Crippen LogP contribution >= 0.6 is 0 Å². The van der Waals surface area contributed by atoms with Gasteiger partial charge in [-0.3, -0.25) is 4.79 Å². The van der Waals surface area contributed by atoms with Crippen molar-refractivity contribution in [3.05, 3.63) is 0 Å². The molecule has 1 N–H and O–H groups in total. The second-order valence-corrected chi connectivity index (χ2v) is 3.71. The van der Waals surface area contributed by atoms with Crippen LogP contribution in [-0.4, -0.2) is 11.1 Å². The number of carbonyl (C=O) groups is 1. The van der Waals surface area contributed by atoms with Gasteiger partial charge in [0.15, 0.2) is 0 Å². The highest BCUT2D eigenvalue weighted by atomic mass is 16.4. The second kappa shape index (κ2) is 10.6. The van der Waals surface area contributed by atoms with Crippen molar-refractivity contribution < 1.29 is 12.6 Å². The number of unbranched alkanes of at least 4 members (excludes halogenated alkanes) is 7. The van der Waals surface area contributed by atoms with Crippen LogP contribution in [0.3, 0.4) is 0 Å². The minimum absolute atomic E-state index is 0.136. The van der Waals surface area contributed by atoms with Gasteiger partial charge in [0.25, 0.3) is 0 Å². The summed E-state index contributed by atoms with van der Waals surface area (Å²) in [6.07, 6.45) is 7.08. The molecule has 0 bridgehead atoms. The third-order valence-electron chi connectivity index (χ3n) is 2.31. The highest BCUT2D eigenvalue weighted by molar-refractivity contribution is 5.66. The summed E-state index contributed by atoms with van der Waals surface area (Å²) < 4.78 is 14.4. The van der Waals surface area contributed by atoms with Crippen LogP contribution in [0.4, 0.5) is 0 Å². The van der Waals surface area contributed by atoms with E-state index in [1.807, 2.05) is 0 Å². The number of carboxylic acids is 1. The van der Waals surface area contributed by atoms with Crippen LogP contribution in [-0.2, 0) is 4.79 Å². The molecule has 0 heterocycles. The van der Waals surface area contributed by atoms with Crippen molar-refractivity contribution in [3.63, 3.8) is 0 Å². The molecule has 0 aromatic carbocycles. The third-order valence-corrected chi connectivity index (χ3v) is 2.31. The second-order valence-electron chi connectivity index (χ2n) is 3.71. The summed E-state index contributed by atoms with van der Waals surface area (Å²) in [4.78, 5) is 10.5. The van der Waals surface area contributed by atoms with Gasteiger partial charge >= 0.3 is 5.97 Å². The summed E-state index contributed by atoms with van der Waals surface area (Å²) in [5.74, 6) is -1.34. The molecular weight excluding hydrogens is 176 g/mol. The summed E-state index contributed by atoms with van der Waals surface area (Å²) in [7, 11) is 0. The summed E-state index contributed by atoms with van der Waals surface area (Å²) in [5, 5.41) is 8.57. The minimum atomic E-state index is -2.04. The molecular formula is C12H24O2. The lowest BCUT2D eigenvalue weighted by molar-refractivity contribution is -0.137. The first-order valence-electron chi connectivity index (χ1n) is 6.74. The zero-order valence-corrected chi connectivity index (χ0v) is 9.22. The molecule has 0 aliphatic carbocycles. The quantitative estimate of drug-likeness (QED) is 0.544. The predicted octanol–water partition coefficient (Wildman–Crippen LogP) is 3.99. The molecule has 0 saturated carbocycles. The first-order valence-corrected chi connectivity index (χ1v) is 5.74. The zero-order chi connectivity index (χ0) is 12.4. The average molecular weight is 202 g/mol. The predicted molar refractivity (Wildman–Crippen MR) is 59.5 cm³/mol. The topological polar surface area (TPSA) is 37.3 Å². The Bertz CT molecular complexity index is 193.